The number of para-hydroxylation sites is 2. The molecular formula is C41H27N3. The zero-order valence-electron chi connectivity index (χ0n) is 23.9. The molecule has 3 heteroatoms. The standard InChI is InChI=1S/C41H27N3/c1-2-10-28(11-3-1)29-17-21-32(22-18-29)43-37-14-6-4-12-33(37)35-26-30(19-23-39(35)43)31-20-24-40-36(27-31)34-13-5-7-15-38(34)44(40)41-16-8-9-25-42-41/h1-27H. The van der Waals surface area contributed by atoms with Gasteiger partial charge < -0.3 is 4.57 Å². The van der Waals surface area contributed by atoms with Gasteiger partial charge in [0, 0.05) is 33.4 Å². The molecule has 3 aromatic heterocycles. The van der Waals surface area contributed by atoms with Gasteiger partial charge in [-0.3, -0.25) is 4.57 Å². The quantitative estimate of drug-likeness (QED) is 0.210. The summed E-state index contributed by atoms with van der Waals surface area (Å²) in [5.41, 5.74) is 10.7. The monoisotopic (exact) mass is 561 g/mol. The molecule has 0 N–H and O–H groups in total. The first-order chi connectivity index (χ1) is 21.8. The van der Waals surface area contributed by atoms with Crippen molar-refractivity contribution in [1.82, 2.24) is 14.1 Å². The second-order valence-electron chi connectivity index (χ2n) is 11.3. The van der Waals surface area contributed by atoms with Crippen molar-refractivity contribution in [3.63, 3.8) is 0 Å². The van der Waals surface area contributed by atoms with Gasteiger partial charge in [0.15, 0.2) is 0 Å². The van der Waals surface area contributed by atoms with Crippen molar-refractivity contribution in [2.24, 2.45) is 0 Å². The molecule has 44 heavy (non-hydrogen) atoms. The highest BCUT2D eigenvalue weighted by Gasteiger charge is 2.16. The Labute approximate surface area is 254 Å². The van der Waals surface area contributed by atoms with Gasteiger partial charge in [-0.1, -0.05) is 97.1 Å². The average Bonchev–Trinajstić information content (AvgIpc) is 3.61. The highest BCUT2D eigenvalue weighted by Crippen LogP contribution is 2.38. The van der Waals surface area contributed by atoms with Gasteiger partial charge in [0.05, 0.1) is 22.1 Å². The van der Waals surface area contributed by atoms with Crippen LogP contribution in [0.15, 0.2) is 164 Å². The summed E-state index contributed by atoms with van der Waals surface area (Å²) in [5, 5.41) is 4.96. The van der Waals surface area contributed by atoms with Gasteiger partial charge >= 0.3 is 0 Å². The van der Waals surface area contributed by atoms with E-state index in [2.05, 4.69) is 160 Å². The summed E-state index contributed by atoms with van der Waals surface area (Å²) >= 11 is 0. The molecule has 3 nitrogen and oxygen atoms in total. The van der Waals surface area contributed by atoms with Gasteiger partial charge in [-0.15, -0.1) is 0 Å². The molecule has 0 atom stereocenters. The van der Waals surface area contributed by atoms with Crippen LogP contribution in [-0.4, -0.2) is 14.1 Å². The summed E-state index contributed by atoms with van der Waals surface area (Å²) in [6.45, 7) is 0. The second kappa shape index (κ2) is 9.82. The minimum absolute atomic E-state index is 0.928. The van der Waals surface area contributed by atoms with Crippen LogP contribution in [0.5, 0.6) is 0 Å². The van der Waals surface area contributed by atoms with Crippen LogP contribution in [-0.2, 0) is 0 Å². The fraction of sp³-hybridized carbons (Fsp3) is 0. The molecule has 0 spiro atoms. The minimum Gasteiger partial charge on any atom is -0.309 e. The van der Waals surface area contributed by atoms with Crippen LogP contribution in [0.25, 0.3) is 77.4 Å². The van der Waals surface area contributed by atoms with Crippen LogP contribution in [0, 0.1) is 0 Å². The maximum atomic E-state index is 4.67. The first kappa shape index (κ1) is 24.6. The van der Waals surface area contributed by atoms with Gasteiger partial charge in [0.1, 0.15) is 5.82 Å². The Kier molecular flexibility index (Phi) is 5.50. The van der Waals surface area contributed by atoms with Crippen molar-refractivity contribution in [3.05, 3.63) is 164 Å². The summed E-state index contributed by atoms with van der Waals surface area (Å²) in [6, 6.07) is 56.5. The molecule has 9 aromatic rings. The zero-order valence-corrected chi connectivity index (χ0v) is 23.9. The highest BCUT2D eigenvalue weighted by atomic mass is 15.1. The predicted octanol–water partition coefficient (Wildman–Crippen LogP) is 10.6. The predicted molar refractivity (Wildman–Crippen MR) is 184 cm³/mol. The summed E-state index contributed by atoms with van der Waals surface area (Å²) in [6.07, 6.45) is 1.85. The van der Waals surface area contributed by atoms with E-state index in [-0.39, 0.29) is 0 Å². The maximum absolute atomic E-state index is 4.67. The molecule has 0 aliphatic rings. The van der Waals surface area contributed by atoms with Gasteiger partial charge in [0.25, 0.3) is 0 Å². The fourth-order valence-electron chi connectivity index (χ4n) is 6.75. The number of rotatable bonds is 4. The topological polar surface area (TPSA) is 22.8 Å². The van der Waals surface area contributed by atoms with Crippen LogP contribution in [0.2, 0.25) is 0 Å². The Morgan fingerprint density at radius 2 is 0.841 bits per heavy atom. The molecule has 0 unspecified atom stereocenters. The van der Waals surface area contributed by atoms with Gasteiger partial charge in [-0.25, -0.2) is 4.98 Å². The zero-order chi connectivity index (χ0) is 29.0. The van der Waals surface area contributed by atoms with Gasteiger partial charge in [-0.2, -0.15) is 0 Å². The molecular weight excluding hydrogens is 534 g/mol. The number of hydrogen-bond donors (Lipinski definition) is 0. The smallest absolute Gasteiger partial charge is 0.137 e. The maximum Gasteiger partial charge on any atom is 0.137 e. The molecule has 206 valence electrons. The lowest BCUT2D eigenvalue weighted by Gasteiger charge is -2.10. The summed E-state index contributed by atoms with van der Waals surface area (Å²) in [7, 11) is 0. The Morgan fingerprint density at radius 3 is 1.48 bits per heavy atom. The van der Waals surface area contributed by atoms with Crippen molar-refractivity contribution in [3.8, 4) is 33.8 Å². The summed E-state index contributed by atoms with van der Waals surface area (Å²) < 4.78 is 4.64. The van der Waals surface area contributed by atoms with Crippen LogP contribution in [0.4, 0.5) is 0 Å². The molecule has 6 aromatic carbocycles. The highest BCUT2D eigenvalue weighted by molar-refractivity contribution is 6.12. The molecule has 0 aliphatic heterocycles. The van der Waals surface area contributed by atoms with E-state index in [1.165, 1.54) is 54.8 Å². The van der Waals surface area contributed by atoms with Crippen LogP contribution in [0.3, 0.4) is 0 Å². The molecule has 0 aliphatic carbocycles. The van der Waals surface area contributed by atoms with Crippen molar-refractivity contribution in [2.45, 2.75) is 0 Å². The first-order valence-corrected chi connectivity index (χ1v) is 15.0. The normalized spacial score (nSPS) is 11.6. The minimum atomic E-state index is 0.928. The molecule has 3 heterocycles. The van der Waals surface area contributed by atoms with Crippen molar-refractivity contribution in [1.29, 1.82) is 0 Å². The van der Waals surface area contributed by atoms with E-state index in [0.717, 1.165) is 22.5 Å². The van der Waals surface area contributed by atoms with E-state index in [1.807, 2.05) is 18.3 Å². The van der Waals surface area contributed by atoms with E-state index in [4.69, 9.17) is 0 Å². The third-order valence-corrected chi connectivity index (χ3v) is 8.79. The molecule has 9 rings (SSSR count). The molecule has 0 saturated carbocycles. The lowest BCUT2D eigenvalue weighted by molar-refractivity contribution is 1.08. The number of hydrogen-bond acceptors (Lipinski definition) is 1. The lowest BCUT2D eigenvalue weighted by atomic mass is 10.0. The average molecular weight is 562 g/mol. The van der Waals surface area contributed by atoms with Crippen molar-refractivity contribution >= 4 is 43.6 Å². The van der Waals surface area contributed by atoms with Crippen molar-refractivity contribution in [2.75, 3.05) is 0 Å². The Bertz CT molecular complexity index is 2470. The third-order valence-electron chi connectivity index (χ3n) is 8.79. The van der Waals surface area contributed by atoms with E-state index >= 15 is 0 Å². The number of benzene rings is 6. The van der Waals surface area contributed by atoms with Gasteiger partial charge in [0.2, 0.25) is 0 Å². The largest absolute Gasteiger partial charge is 0.309 e. The third kappa shape index (κ3) is 3.80. The number of aromatic nitrogens is 3. The SMILES string of the molecule is c1ccc(-c2ccc(-n3c4ccccc4c4cc(-c5ccc6c(c5)c5ccccc5n6-c5ccccn5)ccc43)cc2)cc1. The van der Waals surface area contributed by atoms with Crippen LogP contribution >= 0.6 is 0 Å². The van der Waals surface area contributed by atoms with E-state index in [9.17, 15) is 0 Å². The molecule has 0 bridgehead atoms. The summed E-state index contributed by atoms with van der Waals surface area (Å²) in [4.78, 5) is 4.67. The number of nitrogens with zero attached hydrogens (tertiary/aromatic N) is 3. The van der Waals surface area contributed by atoms with Crippen LogP contribution in [0.1, 0.15) is 0 Å². The molecule has 0 saturated heterocycles. The van der Waals surface area contributed by atoms with Crippen molar-refractivity contribution < 1.29 is 0 Å². The lowest BCUT2D eigenvalue weighted by Crippen LogP contribution is -1.96. The van der Waals surface area contributed by atoms with Crippen LogP contribution < -0.4 is 0 Å². The Hall–Kier alpha value is -5.93. The Morgan fingerprint density at radius 1 is 0.341 bits per heavy atom. The first-order valence-electron chi connectivity index (χ1n) is 15.0. The van der Waals surface area contributed by atoms with E-state index < -0.39 is 0 Å². The van der Waals surface area contributed by atoms with Gasteiger partial charge in [-0.05, 0) is 82.9 Å². The second-order valence-corrected chi connectivity index (χ2v) is 11.3. The Balaban J connectivity index is 1.20. The molecule has 0 amide bonds. The molecule has 0 radical (unpaired) electrons. The molecule has 0 fully saturated rings. The number of fused-ring (bicyclic) bond motifs is 6. The summed E-state index contributed by atoms with van der Waals surface area (Å²) in [5.74, 6) is 0.928. The van der Waals surface area contributed by atoms with E-state index in [0.29, 0.717) is 0 Å². The number of pyridine rings is 1. The fourth-order valence-corrected chi connectivity index (χ4v) is 6.75. The van der Waals surface area contributed by atoms with E-state index in [1.54, 1.807) is 0 Å².